The van der Waals surface area contributed by atoms with Gasteiger partial charge in [0.25, 0.3) is 7.82 Å². The summed E-state index contributed by atoms with van der Waals surface area (Å²) in [5.74, 6) is -0.851. The standard InChI is InChI=1S/C44H84NO8P.Na/c1-5-8-10-12-14-16-18-20-22-24-26-28-30-32-34-36-43(46)50-40-42(41-52-54(48,49)51-39-38-45(4)7-3)53-44(47)37-35-33-31-29-27-25-23-21-19-17-15-13-11-9-6-2;/h20-23,42H,5-19,24-41H2,1-4H3,(H,48,49);/q;+1/p-1/b22-20-,23-21-;. The fourth-order valence-corrected chi connectivity index (χ4v) is 6.71. The molecule has 0 rings (SSSR count). The van der Waals surface area contributed by atoms with Gasteiger partial charge in [-0.15, -0.1) is 0 Å². The van der Waals surface area contributed by atoms with Crippen LogP contribution in [0.15, 0.2) is 24.3 Å². The number of carbonyl (C=O) groups is 2. The zero-order chi connectivity index (χ0) is 39.8. The van der Waals surface area contributed by atoms with Crippen molar-refractivity contribution in [2.45, 2.75) is 207 Å². The van der Waals surface area contributed by atoms with Gasteiger partial charge in [0.05, 0.1) is 13.2 Å². The van der Waals surface area contributed by atoms with Gasteiger partial charge < -0.3 is 28.3 Å². The monoisotopic (exact) mass is 808 g/mol. The van der Waals surface area contributed by atoms with E-state index in [1.807, 2.05) is 18.9 Å². The molecule has 0 aromatic carbocycles. The van der Waals surface area contributed by atoms with Crippen molar-refractivity contribution >= 4 is 19.8 Å². The van der Waals surface area contributed by atoms with Gasteiger partial charge in [-0.2, -0.15) is 0 Å². The molecule has 0 aliphatic heterocycles. The predicted molar refractivity (Wildman–Crippen MR) is 222 cm³/mol. The smallest absolute Gasteiger partial charge is 0.756 e. The first-order valence-electron chi connectivity index (χ1n) is 22.2. The summed E-state index contributed by atoms with van der Waals surface area (Å²) in [5.41, 5.74) is 0. The Morgan fingerprint density at radius 2 is 0.982 bits per heavy atom. The van der Waals surface area contributed by atoms with Crippen LogP contribution in [0.2, 0.25) is 0 Å². The van der Waals surface area contributed by atoms with Crippen molar-refractivity contribution in [3.8, 4) is 0 Å². The Bertz CT molecular complexity index is 966. The van der Waals surface area contributed by atoms with Crippen LogP contribution in [0.4, 0.5) is 0 Å². The van der Waals surface area contributed by atoms with E-state index in [9.17, 15) is 19.0 Å². The van der Waals surface area contributed by atoms with Crippen LogP contribution in [0.3, 0.4) is 0 Å². The summed E-state index contributed by atoms with van der Waals surface area (Å²) >= 11 is 0. The van der Waals surface area contributed by atoms with Gasteiger partial charge in [-0.05, 0) is 77.8 Å². The van der Waals surface area contributed by atoms with Gasteiger partial charge >= 0.3 is 41.5 Å². The minimum absolute atomic E-state index is 0. The number of carbonyl (C=O) groups excluding carboxylic acids is 2. The minimum Gasteiger partial charge on any atom is -0.756 e. The zero-order valence-electron chi connectivity index (χ0n) is 36.4. The topological polar surface area (TPSA) is 114 Å². The first kappa shape index (κ1) is 56.6. The molecule has 9 nitrogen and oxygen atoms in total. The van der Waals surface area contributed by atoms with E-state index in [2.05, 4.69) is 38.2 Å². The van der Waals surface area contributed by atoms with Crippen LogP contribution < -0.4 is 34.5 Å². The Morgan fingerprint density at radius 1 is 0.582 bits per heavy atom. The van der Waals surface area contributed by atoms with Gasteiger partial charge in [0.2, 0.25) is 0 Å². The summed E-state index contributed by atoms with van der Waals surface area (Å²) in [6.45, 7) is 6.86. The SMILES string of the molecule is CCCCCCCC/C=C\CCCCCCCC(=O)OCC(COP(=O)([O-])OCCN(C)CC)OC(=O)CCCCCCC/C=C\CCCCCCCC.[Na+]. The van der Waals surface area contributed by atoms with Gasteiger partial charge in [0, 0.05) is 19.4 Å². The zero-order valence-corrected chi connectivity index (χ0v) is 39.3. The molecular weight excluding hydrogens is 724 g/mol. The third-order valence-corrected chi connectivity index (χ3v) is 10.7. The number of phosphoric acid groups is 1. The first-order chi connectivity index (χ1) is 26.2. The van der Waals surface area contributed by atoms with E-state index in [4.69, 9.17) is 18.5 Å². The molecule has 0 aliphatic carbocycles. The molecule has 0 aromatic heterocycles. The normalized spacial score (nSPS) is 13.3. The number of rotatable bonds is 41. The summed E-state index contributed by atoms with van der Waals surface area (Å²) < 4.78 is 33.3. The van der Waals surface area contributed by atoms with Crippen molar-refractivity contribution in [3.63, 3.8) is 0 Å². The summed E-state index contributed by atoms with van der Waals surface area (Å²) in [4.78, 5) is 39.4. The van der Waals surface area contributed by atoms with E-state index in [-0.39, 0.29) is 55.6 Å². The van der Waals surface area contributed by atoms with E-state index in [1.165, 1.54) is 89.9 Å². The maximum Gasteiger partial charge on any atom is 1.00 e. The molecule has 2 atom stereocenters. The van der Waals surface area contributed by atoms with Gasteiger partial charge in [-0.3, -0.25) is 14.2 Å². The second-order valence-electron chi connectivity index (χ2n) is 14.9. The number of esters is 2. The van der Waals surface area contributed by atoms with E-state index < -0.39 is 32.5 Å². The summed E-state index contributed by atoms with van der Waals surface area (Å²) in [6.07, 6.45) is 39.1. The molecule has 0 heterocycles. The van der Waals surface area contributed by atoms with Crippen molar-refractivity contribution in [1.82, 2.24) is 4.90 Å². The minimum atomic E-state index is -4.62. The molecule has 0 aromatic rings. The van der Waals surface area contributed by atoms with Gasteiger partial charge in [0.1, 0.15) is 6.61 Å². The van der Waals surface area contributed by atoms with Crippen LogP contribution in [-0.2, 0) is 32.7 Å². The van der Waals surface area contributed by atoms with Gasteiger partial charge in [-0.25, -0.2) is 0 Å². The molecule has 0 bridgehead atoms. The summed E-state index contributed by atoms with van der Waals surface area (Å²) in [6, 6.07) is 0. The van der Waals surface area contributed by atoms with Gasteiger partial charge in [-0.1, -0.05) is 148 Å². The number of ether oxygens (including phenoxy) is 2. The van der Waals surface area contributed by atoms with Crippen molar-refractivity contribution < 1.29 is 67.1 Å². The third-order valence-electron chi connectivity index (χ3n) is 9.69. The van der Waals surface area contributed by atoms with Crippen LogP contribution in [0.1, 0.15) is 201 Å². The van der Waals surface area contributed by atoms with Crippen LogP contribution in [0.5, 0.6) is 0 Å². The largest absolute Gasteiger partial charge is 1.00 e. The molecule has 318 valence electrons. The molecule has 0 fully saturated rings. The maximum atomic E-state index is 12.6. The number of allylic oxidation sites excluding steroid dienone is 4. The van der Waals surface area contributed by atoms with Crippen LogP contribution >= 0.6 is 7.82 Å². The Hall–Kier alpha value is -0.510. The fraction of sp³-hybridized carbons (Fsp3) is 0.864. The Kier molecular flexibility index (Phi) is 44.3. The quantitative estimate of drug-likeness (QED) is 0.0196. The average Bonchev–Trinajstić information content (AvgIpc) is 3.15. The molecule has 0 saturated heterocycles. The molecule has 0 saturated carbocycles. The Labute approximate surface area is 360 Å². The molecular formula is C44H83NNaO8P. The van der Waals surface area contributed by atoms with E-state index in [0.717, 1.165) is 77.2 Å². The molecule has 0 N–H and O–H groups in total. The number of phosphoric ester groups is 1. The Morgan fingerprint density at radius 3 is 1.42 bits per heavy atom. The van der Waals surface area contributed by atoms with Crippen molar-refractivity contribution in [2.24, 2.45) is 0 Å². The molecule has 0 aliphatic rings. The van der Waals surface area contributed by atoms with Crippen LogP contribution in [0, 0.1) is 0 Å². The number of hydrogen-bond acceptors (Lipinski definition) is 9. The maximum absolute atomic E-state index is 12.6. The van der Waals surface area contributed by atoms with Gasteiger partial charge in [0.15, 0.2) is 6.10 Å². The first-order valence-corrected chi connectivity index (χ1v) is 23.6. The molecule has 55 heavy (non-hydrogen) atoms. The summed E-state index contributed by atoms with van der Waals surface area (Å²) in [5, 5.41) is 0. The Balaban J connectivity index is 0. The number of unbranched alkanes of at least 4 members (excludes halogenated alkanes) is 22. The molecule has 2 unspecified atom stereocenters. The second kappa shape index (κ2) is 43.1. The van der Waals surface area contributed by atoms with E-state index in [0.29, 0.717) is 13.0 Å². The van der Waals surface area contributed by atoms with Crippen LogP contribution in [-0.4, -0.2) is 62.9 Å². The number of hydrogen-bond donors (Lipinski definition) is 0. The van der Waals surface area contributed by atoms with E-state index in [1.54, 1.807) is 0 Å². The molecule has 0 amide bonds. The third kappa shape index (κ3) is 42.9. The fourth-order valence-electron chi connectivity index (χ4n) is 5.98. The summed E-state index contributed by atoms with van der Waals surface area (Å²) in [7, 11) is -2.76. The van der Waals surface area contributed by atoms with Crippen molar-refractivity contribution in [2.75, 3.05) is 40.0 Å². The number of nitrogens with zero attached hydrogens (tertiary/aromatic N) is 1. The number of likely N-dealkylation sites (N-methyl/N-ethyl adjacent to an activating group) is 1. The molecule has 0 spiro atoms. The second-order valence-corrected chi connectivity index (χ2v) is 16.3. The molecule has 11 heteroatoms. The van der Waals surface area contributed by atoms with Crippen molar-refractivity contribution in [3.05, 3.63) is 24.3 Å². The molecule has 0 radical (unpaired) electrons. The van der Waals surface area contributed by atoms with Crippen molar-refractivity contribution in [1.29, 1.82) is 0 Å². The van der Waals surface area contributed by atoms with Crippen LogP contribution in [0.25, 0.3) is 0 Å². The average molecular weight is 808 g/mol. The predicted octanol–water partition coefficient (Wildman–Crippen LogP) is 8.97. The van der Waals surface area contributed by atoms with E-state index >= 15 is 0 Å².